The number of carbonyl (C=O) groups excluding carboxylic acids is 2. The molecule has 0 radical (unpaired) electrons. The average molecular weight is 251 g/mol. The van der Waals surface area contributed by atoms with E-state index in [1.165, 1.54) is 0 Å². The van der Waals surface area contributed by atoms with Crippen LogP contribution in [0.4, 0.5) is 0 Å². The smallest absolute Gasteiger partial charge is 0.326 e. The van der Waals surface area contributed by atoms with Crippen LogP contribution >= 0.6 is 11.6 Å². The van der Waals surface area contributed by atoms with Crippen molar-refractivity contribution in [2.75, 3.05) is 12.4 Å². The molecular weight excluding hydrogens is 236 g/mol. The quantitative estimate of drug-likeness (QED) is 0.557. The number of nitrogens with one attached hydrogen (secondary N) is 2. The fourth-order valence-corrected chi connectivity index (χ4v) is 1.06. The van der Waals surface area contributed by atoms with Gasteiger partial charge in [0.25, 0.3) is 0 Å². The highest BCUT2D eigenvalue weighted by Crippen LogP contribution is 2.00. The van der Waals surface area contributed by atoms with E-state index in [-0.39, 0.29) is 18.3 Å². The number of carboxylic acid groups (broad SMARTS) is 1. The lowest BCUT2D eigenvalue weighted by Gasteiger charge is -2.17. The molecule has 0 aliphatic carbocycles. The van der Waals surface area contributed by atoms with Gasteiger partial charge in [-0.05, 0) is 5.92 Å². The summed E-state index contributed by atoms with van der Waals surface area (Å²) in [7, 11) is 0. The van der Waals surface area contributed by atoms with E-state index >= 15 is 0 Å². The van der Waals surface area contributed by atoms with Gasteiger partial charge in [0.1, 0.15) is 11.9 Å². The van der Waals surface area contributed by atoms with Crippen molar-refractivity contribution in [3.8, 4) is 0 Å². The number of alkyl halides is 1. The van der Waals surface area contributed by atoms with Crippen LogP contribution in [0.15, 0.2) is 0 Å². The Kier molecular flexibility index (Phi) is 6.48. The number of halogens is 1. The molecule has 0 spiro atoms. The lowest BCUT2D eigenvalue weighted by Crippen LogP contribution is -2.48. The third-order valence-corrected chi connectivity index (χ3v) is 2.06. The number of hydrogen-bond acceptors (Lipinski definition) is 3. The maximum Gasteiger partial charge on any atom is 0.326 e. The fourth-order valence-electron chi connectivity index (χ4n) is 0.964. The second kappa shape index (κ2) is 7.05. The van der Waals surface area contributed by atoms with Crippen molar-refractivity contribution in [1.29, 1.82) is 0 Å². The predicted molar refractivity (Wildman–Crippen MR) is 58.1 cm³/mol. The summed E-state index contributed by atoms with van der Waals surface area (Å²) in [6, 6.07) is -0.958. The van der Waals surface area contributed by atoms with Crippen LogP contribution in [0, 0.1) is 5.92 Å². The molecule has 92 valence electrons. The lowest BCUT2D eigenvalue weighted by molar-refractivity contribution is -0.143. The van der Waals surface area contributed by atoms with Gasteiger partial charge >= 0.3 is 5.97 Å². The molecule has 0 aromatic heterocycles. The van der Waals surface area contributed by atoms with Gasteiger partial charge < -0.3 is 15.7 Å². The first kappa shape index (κ1) is 14.7. The summed E-state index contributed by atoms with van der Waals surface area (Å²) in [5, 5.41) is 13.3. The minimum atomic E-state index is -1.10. The van der Waals surface area contributed by atoms with E-state index in [1.807, 2.05) is 0 Å². The van der Waals surface area contributed by atoms with Crippen molar-refractivity contribution >= 4 is 29.4 Å². The van der Waals surface area contributed by atoms with E-state index in [0.29, 0.717) is 0 Å². The van der Waals surface area contributed by atoms with E-state index in [2.05, 4.69) is 10.6 Å². The molecule has 2 amide bonds. The van der Waals surface area contributed by atoms with Crippen LogP contribution in [0.25, 0.3) is 0 Å². The summed E-state index contributed by atoms with van der Waals surface area (Å²) < 4.78 is 0. The minimum absolute atomic E-state index is 0.231. The van der Waals surface area contributed by atoms with E-state index in [0.717, 1.165) is 0 Å². The summed E-state index contributed by atoms with van der Waals surface area (Å²) in [5.74, 6) is -2.61. The number of carbonyl (C=O) groups is 3. The molecule has 0 aliphatic heterocycles. The molecule has 7 heteroatoms. The van der Waals surface area contributed by atoms with Gasteiger partial charge in [0.2, 0.25) is 11.8 Å². The molecular formula is C9H15ClN2O4. The standard InChI is InChI=1S/C9H15ClN2O4/c1-5(2)8(9(15)16)12-7(14)4-11-6(13)3-10/h5,8H,3-4H2,1-2H3,(H,11,13)(H,12,14)(H,15,16)/t8-/m1/s1. The summed E-state index contributed by atoms with van der Waals surface area (Å²) in [6.07, 6.45) is 0. The normalized spacial score (nSPS) is 12.0. The Morgan fingerprint density at radius 3 is 2.19 bits per heavy atom. The van der Waals surface area contributed by atoms with Crippen LogP contribution in [0.1, 0.15) is 13.8 Å². The largest absolute Gasteiger partial charge is 0.480 e. The molecule has 0 heterocycles. The molecule has 0 aliphatic rings. The molecule has 0 saturated carbocycles. The van der Waals surface area contributed by atoms with Crippen molar-refractivity contribution in [3.05, 3.63) is 0 Å². The average Bonchev–Trinajstić information content (AvgIpc) is 2.21. The van der Waals surface area contributed by atoms with E-state index in [1.54, 1.807) is 13.8 Å². The maximum atomic E-state index is 11.3. The highest BCUT2D eigenvalue weighted by Gasteiger charge is 2.23. The number of amides is 2. The Morgan fingerprint density at radius 2 is 1.81 bits per heavy atom. The van der Waals surface area contributed by atoms with E-state index in [9.17, 15) is 14.4 Å². The van der Waals surface area contributed by atoms with Crippen LogP contribution in [-0.2, 0) is 14.4 Å². The SMILES string of the molecule is CC(C)[C@@H](NC(=O)CNC(=O)CCl)C(=O)O. The van der Waals surface area contributed by atoms with Gasteiger partial charge in [-0.2, -0.15) is 0 Å². The Labute approximate surface area is 98.3 Å². The molecule has 16 heavy (non-hydrogen) atoms. The van der Waals surface area contributed by atoms with Gasteiger partial charge in [-0.25, -0.2) is 4.79 Å². The molecule has 0 fully saturated rings. The zero-order chi connectivity index (χ0) is 12.7. The zero-order valence-corrected chi connectivity index (χ0v) is 9.87. The third kappa shape index (κ3) is 5.55. The van der Waals surface area contributed by atoms with Gasteiger partial charge in [-0.15, -0.1) is 11.6 Å². The van der Waals surface area contributed by atoms with Gasteiger partial charge in [-0.1, -0.05) is 13.8 Å². The highest BCUT2D eigenvalue weighted by atomic mass is 35.5. The monoisotopic (exact) mass is 250 g/mol. The molecule has 1 atom stereocenters. The van der Waals surface area contributed by atoms with Gasteiger partial charge in [-0.3, -0.25) is 9.59 Å². The Morgan fingerprint density at radius 1 is 1.25 bits per heavy atom. The van der Waals surface area contributed by atoms with Crippen LogP contribution in [-0.4, -0.2) is 41.4 Å². The Bertz CT molecular complexity index is 281. The maximum absolute atomic E-state index is 11.3. The van der Waals surface area contributed by atoms with Crippen molar-refractivity contribution in [2.45, 2.75) is 19.9 Å². The minimum Gasteiger partial charge on any atom is -0.480 e. The first-order valence-corrected chi connectivity index (χ1v) is 5.26. The van der Waals surface area contributed by atoms with Crippen LogP contribution in [0.3, 0.4) is 0 Å². The third-order valence-electron chi connectivity index (χ3n) is 1.82. The molecule has 3 N–H and O–H groups in total. The van der Waals surface area contributed by atoms with Crippen LogP contribution in [0.5, 0.6) is 0 Å². The van der Waals surface area contributed by atoms with Gasteiger partial charge in [0.15, 0.2) is 0 Å². The number of carboxylic acids is 1. The van der Waals surface area contributed by atoms with E-state index in [4.69, 9.17) is 16.7 Å². The first-order valence-electron chi connectivity index (χ1n) is 4.73. The summed E-state index contributed by atoms with van der Waals surface area (Å²) in [4.78, 5) is 32.7. The Hall–Kier alpha value is -1.30. The fraction of sp³-hybridized carbons (Fsp3) is 0.667. The molecule has 0 aromatic carbocycles. The van der Waals surface area contributed by atoms with Crippen LogP contribution in [0.2, 0.25) is 0 Å². The topological polar surface area (TPSA) is 95.5 Å². The summed E-state index contributed by atoms with van der Waals surface area (Å²) in [6.45, 7) is 3.08. The number of aliphatic carboxylic acids is 1. The molecule has 6 nitrogen and oxygen atoms in total. The molecule has 0 rings (SSSR count). The Balaban J connectivity index is 4.11. The highest BCUT2D eigenvalue weighted by molar-refractivity contribution is 6.27. The number of rotatable bonds is 6. The van der Waals surface area contributed by atoms with Crippen molar-refractivity contribution < 1.29 is 19.5 Å². The molecule has 0 aromatic rings. The van der Waals surface area contributed by atoms with E-state index < -0.39 is 23.8 Å². The number of hydrogen-bond donors (Lipinski definition) is 3. The van der Waals surface area contributed by atoms with Gasteiger partial charge in [0.05, 0.1) is 6.54 Å². The predicted octanol–water partition coefficient (Wildman–Crippen LogP) is -0.433. The lowest BCUT2D eigenvalue weighted by atomic mass is 10.1. The first-order chi connectivity index (χ1) is 7.38. The summed E-state index contributed by atoms with van der Waals surface area (Å²) >= 11 is 5.20. The molecule has 0 saturated heterocycles. The van der Waals surface area contributed by atoms with Crippen molar-refractivity contribution in [3.63, 3.8) is 0 Å². The second-order valence-electron chi connectivity index (χ2n) is 3.54. The van der Waals surface area contributed by atoms with Gasteiger partial charge in [0, 0.05) is 0 Å². The molecule has 0 bridgehead atoms. The molecule has 0 unspecified atom stereocenters. The van der Waals surface area contributed by atoms with Crippen LogP contribution < -0.4 is 10.6 Å². The second-order valence-corrected chi connectivity index (χ2v) is 3.81. The zero-order valence-electron chi connectivity index (χ0n) is 9.12. The van der Waals surface area contributed by atoms with Crippen molar-refractivity contribution in [1.82, 2.24) is 10.6 Å². The summed E-state index contributed by atoms with van der Waals surface area (Å²) in [5.41, 5.74) is 0. The van der Waals surface area contributed by atoms with Crippen molar-refractivity contribution in [2.24, 2.45) is 5.92 Å².